The smallest absolute Gasteiger partial charge is 0.216 e. The van der Waals surface area contributed by atoms with Gasteiger partial charge in [0.1, 0.15) is 0 Å². The van der Waals surface area contributed by atoms with Crippen LogP contribution in [0.2, 0.25) is 0 Å². The van der Waals surface area contributed by atoms with E-state index in [-0.39, 0.29) is 11.3 Å². The summed E-state index contributed by atoms with van der Waals surface area (Å²) in [7, 11) is 0. The molecule has 0 aliphatic heterocycles. The van der Waals surface area contributed by atoms with E-state index in [1.165, 1.54) is 32.1 Å². The van der Waals surface area contributed by atoms with Gasteiger partial charge in [-0.2, -0.15) is 0 Å². The summed E-state index contributed by atoms with van der Waals surface area (Å²) < 4.78 is 0. The normalized spacial score (nSPS) is 49.4. The third kappa shape index (κ3) is 1.48. The highest BCUT2D eigenvalue weighted by Crippen LogP contribution is 2.59. The lowest BCUT2D eigenvalue weighted by Gasteiger charge is -2.60. The Morgan fingerprint density at radius 3 is 2.50 bits per heavy atom. The molecule has 0 radical (unpaired) electrons. The standard InChI is InChI=1S/C13H22N2O/c1-8(16)15-7-13-5-9-2-10(6-13)4-11(3-9)12(13)14/h9-12H,2-7,14H2,1H3,(H,15,16). The van der Waals surface area contributed by atoms with E-state index in [1.54, 1.807) is 6.92 Å². The van der Waals surface area contributed by atoms with Crippen molar-refractivity contribution in [2.24, 2.45) is 28.9 Å². The molecule has 3 unspecified atom stereocenters. The molecule has 0 heterocycles. The Morgan fingerprint density at radius 2 is 1.94 bits per heavy atom. The van der Waals surface area contributed by atoms with Crippen LogP contribution in [0.1, 0.15) is 39.0 Å². The molecule has 0 aromatic rings. The van der Waals surface area contributed by atoms with Crippen molar-refractivity contribution in [1.29, 1.82) is 0 Å². The molecule has 4 aliphatic carbocycles. The molecule has 4 fully saturated rings. The predicted octanol–water partition coefficient (Wildman–Crippen LogP) is 1.28. The molecule has 0 spiro atoms. The van der Waals surface area contributed by atoms with Crippen molar-refractivity contribution in [3.63, 3.8) is 0 Å². The number of carbonyl (C=O) groups is 1. The largest absolute Gasteiger partial charge is 0.356 e. The van der Waals surface area contributed by atoms with Gasteiger partial charge in [0.15, 0.2) is 0 Å². The van der Waals surface area contributed by atoms with Crippen molar-refractivity contribution in [2.45, 2.75) is 45.1 Å². The summed E-state index contributed by atoms with van der Waals surface area (Å²) in [4.78, 5) is 11.1. The van der Waals surface area contributed by atoms with Gasteiger partial charge in [-0.05, 0) is 49.9 Å². The fourth-order valence-corrected chi connectivity index (χ4v) is 4.81. The van der Waals surface area contributed by atoms with Crippen molar-refractivity contribution < 1.29 is 4.79 Å². The fraction of sp³-hybridized carbons (Fsp3) is 0.923. The van der Waals surface area contributed by atoms with E-state index < -0.39 is 0 Å². The van der Waals surface area contributed by atoms with Crippen LogP contribution in [-0.4, -0.2) is 18.5 Å². The average molecular weight is 222 g/mol. The summed E-state index contributed by atoms with van der Waals surface area (Å²) in [6, 6.07) is 0.326. The molecular formula is C13H22N2O. The zero-order valence-electron chi connectivity index (χ0n) is 10.0. The summed E-state index contributed by atoms with van der Waals surface area (Å²) in [5, 5.41) is 3.01. The first-order valence-electron chi connectivity index (χ1n) is 6.59. The van der Waals surface area contributed by atoms with Crippen molar-refractivity contribution in [1.82, 2.24) is 5.32 Å². The minimum atomic E-state index is 0.0861. The van der Waals surface area contributed by atoms with E-state index in [0.717, 1.165) is 24.3 Å². The van der Waals surface area contributed by atoms with Gasteiger partial charge in [-0.3, -0.25) is 4.79 Å². The first-order chi connectivity index (χ1) is 7.59. The van der Waals surface area contributed by atoms with Crippen LogP contribution in [0, 0.1) is 23.2 Å². The van der Waals surface area contributed by atoms with Crippen LogP contribution >= 0.6 is 0 Å². The maximum atomic E-state index is 11.1. The third-order valence-corrected chi connectivity index (χ3v) is 5.23. The molecule has 1 amide bonds. The second-order valence-electron chi connectivity index (χ2n) is 6.41. The second-order valence-corrected chi connectivity index (χ2v) is 6.41. The Hall–Kier alpha value is -0.570. The van der Waals surface area contributed by atoms with Crippen LogP contribution in [0.25, 0.3) is 0 Å². The monoisotopic (exact) mass is 222 g/mol. The number of hydrogen-bond acceptors (Lipinski definition) is 2. The Kier molecular flexibility index (Phi) is 2.29. The van der Waals surface area contributed by atoms with Gasteiger partial charge in [-0.25, -0.2) is 0 Å². The molecule has 4 rings (SSSR count). The van der Waals surface area contributed by atoms with Gasteiger partial charge in [0, 0.05) is 24.9 Å². The first-order valence-corrected chi connectivity index (χ1v) is 6.59. The Bertz CT molecular complexity index is 301. The maximum Gasteiger partial charge on any atom is 0.216 e. The van der Waals surface area contributed by atoms with Gasteiger partial charge in [0.2, 0.25) is 5.91 Å². The molecule has 90 valence electrons. The average Bonchev–Trinajstić information content (AvgIpc) is 2.22. The van der Waals surface area contributed by atoms with Gasteiger partial charge in [0.05, 0.1) is 0 Å². The number of carbonyl (C=O) groups excluding carboxylic acids is 1. The van der Waals surface area contributed by atoms with Gasteiger partial charge in [-0.15, -0.1) is 0 Å². The van der Waals surface area contributed by atoms with Crippen LogP contribution in [0.3, 0.4) is 0 Å². The molecule has 3 N–H and O–H groups in total. The van der Waals surface area contributed by atoms with Crippen molar-refractivity contribution in [2.75, 3.05) is 6.54 Å². The molecule has 4 saturated carbocycles. The minimum Gasteiger partial charge on any atom is -0.356 e. The summed E-state index contributed by atoms with van der Waals surface area (Å²) in [5.74, 6) is 2.61. The van der Waals surface area contributed by atoms with Crippen LogP contribution < -0.4 is 11.1 Å². The third-order valence-electron chi connectivity index (χ3n) is 5.23. The molecule has 3 atom stereocenters. The summed E-state index contributed by atoms with van der Waals surface area (Å²) >= 11 is 0. The van der Waals surface area contributed by atoms with E-state index in [1.807, 2.05) is 0 Å². The molecule has 4 bridgehead atoms. The lowest BCUT2D eigenvalue weighted by atomic mass is 9.47. The molecule has 3 nitrogen and oxygen atoms in total. The van der Waals surface area contributed by atoms with Crippen LogP contribution in [0.5, 0.6) is 0 Å². The van der Waals surface area contributed by atoms with E-state index in [4.69, 9.17) is 5.73 Å². The number of nitrogens with one attached hydrogen (secondary N) is 1. The zero-order valence-corrected chi connectivity index (χ0v) is 10.0. The Morgan fingerprint density at radius 1 is 1.31 bits per heavy atom. The van der Waals surface area contributed by atoms with Crippen LogP contribution in [-0.2, 0) is 4.79 Å². The highest BCUT2D eigenvalue weighted by Gasteiger charge is 2.55. The maximum absolute atomic E-state index is 11.1. The molecule has 0 aromatic heterocycles. The van der Waals surface area contributed by atoms with Gasteiger partial charge < -0.3 is 11.1 Å². The van der Waals surface area contributed by atoms with Crippen molar-refractivity contribution in [3.8, 4) is 0 Å². The summed E-state index contributed by atoms with van der Waals surface area (Å²) in [6.45, 7) is 2.42. The Balaban J connectivity index is 1.79. The lowest BCUT2D eigenvalue weighted by Crippen LogP contribution is -2.62. The second kappa shape index (κ2) is 3.46. The van der Waals surface area contributed by atoms with Gasteiger partial charge >= 0.3 is 0 Å². The SMILES string of the molecule is CC(=O)NCC12CC3CC(CC(C3)C1N)C2. The molecule has 0 saturated heterocycles. The van der Waals surface area contributed by atoms with E-state index >= 15 is 0 Å². The quantitative estimate of drug-likeness (QED) is 0.739. The highest BCUT2D eigenvalue weighted by molar-refractivity contribution is 5.72. The predicted molar refractivity (Wildman–Crippen MR) is 62.6 cm³/mol. The molecular weight excluding hydrogens is 200 g/mol. The molecule has 16 heavy (non-hydrogen) atoms. The van der Waals surface area contributed by atoms with Crippen LogP contribution in [0.15, 0.2) is 0 Å². The van der Waals surface area contributed by atoms with Crippen molar-refractivity contribution in [3.05, 3.63) is 0 Å². The molecule has 4 aliphatic rings. The topological polar surface area (TPSA) is 55.1 Å². The summed E-state index contributed by atoms with van der Waals surface area (Å²) in [5.41, 5.74) is 6.67. The highest BCUT2D eigenvalue weighted by atomic mass is 16.1. The minimum absolute atomic E-state index is 0.0861. The number of hydrogen-bond donors (Lipinski definition) is 2. The van der Waals surface area contributed by atoms with E-state index in [9.17, 15) is 4.79 Å². The summed E-state index contributed by atoms with van der Waals surface area (Å²) in [6.07, 6.45) is 6.62. The van der Waals surface area contributed by atoms with Gasteiger partial charge in [-0.1, -0.05) is 0 Å². The van der Waals surface area contributed by atoms with Gasteiger partial charge in [0.25, 0.3) is 0 Å². The Labute approximate surface area is 97.2 Å². The van der Waals surface area contributed by atoms with Crippen molar-refractivity contribution >= 4 is 5.91 Å². The fourth-order valence-electron chi connectivity index (χ4n) is 4.81. The van der Waals surface area contributed by atoms with E-state index in [2.05, 4.69) is 5.32 Å². The molecule has 3 heteroatoms. The van der Waals surface area contributed by atoms with E-state index in [0.29, 0.717) is 6.04 Å². The zero-order chi connectivity index (χ0) is 11.3. The molecule has 0 aromatic carbocycles. The lowest BCUT2D eigenvalue weighted by molar-refractivity contribution is -0.121. The van der Waals surface area contributed by atoms with Crippen LogP contribution in [0.4, 0.5) is 0 Å². The number of amides is 1. The first kappa shape index (κ1) is 10.6. The number of nitrogens with two attached hydrogens (primary N) is 1. The number of rotatable bonds is 2.